The van der Waals surface area contributed by atoms with Crippen molar-refractivity contribution in [1.82, 2.24) is 0 Å². The van der Waals surface area contributed by atoms with Crippen molar-refractivity contribution in [2.45, 2.75) is 19.4 Å². The van der Waals surface area contributed by atoms with Crippen LogP contribution in [-0.4, -0.2) is 37.4 Å². The number of carbonyl (C=O) groups is 1. The number of benzene rings is 1. The summed E-state index contributed by atoms with van der Waals surface area (Å²) in [4.78, 5) is 12.7. The minimum Gasteiger partial charge on any atom is -0.478 e. The summed E-state index contributed by atoms with van der Waals surface area (Å²) in [6.45, 7) is 3.50. The fraction of sp³-hybridized carbons (Fsp3) is 0.500. The number of carboxylic acid groups (broad SMARTS) is 1. The highest BCUT2D eigenvalue weighted by Crippen LogP contribution is 2.27. The van der Waals surface area contributed by atoms with Crippen LogP contribution in [0.3, 0.4) is 0 Å². The number of methoxy groups -OCH3 is 1. The van der Waals surface area contributed by atoms with Gasteiger partial charge in [0, 0.05) is 20.2 Å². The van der Waals surface area contributed by atoms with Crippen LogP contribution in [0.5, 0.6) is 0 Å². The summed E-state index contributed by atoms with van der Waals surface area (Å²) < 4.78 is 19.4. The second-order valence-corrected chi connectivity index (χ2v) is 4.96. The number of anilines is 1. The Bertz CT molecular complexity index is 478. The Labute approximate surface area is 111 Å². The van der Waals surface area contributed by atoms with Crippen molar-refractivity contribution in [3.05, 3.63) is 29.6 Å². The molecular weight excluding hydrogens is 249 g/mol. The van der Waals surface area contributed by atoms with Gasteiger partial charge >= 0.3 is 5.97 Å². The third-order valence-corrected chi connectivity index (χ3v) is 3.73. The summed E-state index contributed by atoms with van der Waals surface area (Å²) in [6.07, 6.45) is 1.01. The molecule has 1 aromatic rings. The van der Waals surface area contributed by atoms with E-state index in [2.05, 4.69) is 6.92 Å². The molecule has 0 amide bonds. The maximum atomic E-state index is 14.0. The van der Waals surface area contributed by atoms with Crippen molar-refractivity contribution in [3.8, 4) is 0 Å². The lowest BCUT2D eigenvalue weighted by atomic mass is 9.95. The van der Waals surface area contributed by atoms with Gasteiger partial charge in [-0.3, -0.25) is 0 Å². The fourth-order valence-corrected chi connectivity index (χ4v) is 2.46. The molecule has 1 aliphatic heterocycles. The number of ether oxygens (including phenoxy) is 1. The first kappa shape index (κ1) is 13.8. The number of piperidine rings is 1. The first-order valence-electron chi connectivity index (χ1n) is 6.33. The van der Waals surface area contributed by atoms with Crippen LogP contribution in [0.2, 0.25) is 0 Å². The summed E-state index contributed by atoms with van der Waals surface area (Å²) in [5.41, 5.74) is 0.411. The number of hydrogen-bond donors (Lipinski definition) is 1. The smallest absolute Gasteiger partial charge is 0.335 e. The second kappa shape index (κ2) is 5.57. The Balaban J connectivity index is 2.20. The molecular formula is C14H18FNO3. The molecule has 5 heteroatoms. The number of carboxylic acids is 1. The van der Waals surface area contributed by atoms with Crippen molar-refractivity contribution < 1.29 is 19.0 Å². The fourth-order valence-electron chi connectivity index (χ4n) is 2.46. The molecule has 0 aliphatic carbocycles. The van der Waals surface area contributed by atoms with Gasteiger partial charge < -0.3 is 14.7 Å². The maximum absolute atomic E-state index is 14.0. The van der Waals surface area contributed by atoms with Crippen LogP contribution < -0.4 is 4.90 Å². The van der Waals surface area contributed by atoms with E-state index in [0.29, 0.717) is 18.2 Å². The molecule has 0 saturated carbocycles. The van der Waals surface area contributed by atoms with Crippen molar-refractivity contribution in [2.24, 2.45) is 5.92 Å². The highest BCUT2D eigenvalue weighted by molar-refractivity contribution is 5.88. The quantitative estimate of drug-likeness (QED) is 0.913. The lowest BCUT2D eigenvalue weighted by Crippen LogP contribution is -2.44. The third-order valence-electron chi connectivity index (χ3n) is 3.73. The van der Waals surface area contributed by atoms with Gasteiger partial charge in [0.25, 0.3) is 0 Å². The maximum Gasteiger partial charge on any atom is 0.335 e. The van der Waals surface area contributed by atoms with Gasteiger partial charge in [0.15, 0.2) is 0 Å². The predicted molar refractivity (Wildman–Crippen MR) is 70.2 cm³/mol. The summed E-state index contributed by atoms with van der Waals surface area (Å²) >= 11 is 0. The van der Waals surface area contributed by atoms with E-state index in [-0.39, 0.29) is 11.7 Å². The first-order valence-corrected chi connectivity index (χ1v) is 6.33. The molecule has 1 aromatic carbocycles. The van der Waals surface area contributed by atoms with Crippen LogP contribution in [0.15, 0.2) is 18.2 Å². The van der Waals surface area contributed by atoms with Gasteiger partial charge in [-0.25, -0.2) is 9.18 Å². The Morgan fingerprint density at radius 3 is 2.84 bits per heavy atom. The Morgan fingerprint density at radius 2 is 2.26 bits per heavy atom. The molecule has 19 heavy (non-hydrogen) atoms. The molecule has 1 saturated heterocycles. The molecule has 4 nitrogen and oxygen atoms in total. The lowest BCUT2D eigenvalue weighted by molar-refractivity contribution is 0.0496. The molecule has 1 N–H and O–H groups in total. The Hall–Kier alpha value is -1.62. The summed E-state index contributed by atoms with van der Waals surface area (Å²) in [5.74, 6) is -1.17. The van der Waals surface area contributed by atoms with Gasteiger partial charge in [0.1, 0.15) is 5.82 Å². The lowest BCUT2D eigenvalue weighted by Gasteiger charge is -2.37. The van der Waals surface area contributed by atoms with E-state index >= 15 is 0 Å². The average molecular weight is 267 g/mol. The molecule has 2 atom stereocenters. The molecule has 1 heterocycles. The van der Waals surface area contributed by atoms with Gasteiger partial charge in [-0.1, -0.05) is 6.92 Å². The zero-order chi connectivity index (χ0) is 14.0. The minimum atomic E-state index is -1.12. The molecule has 0 spiro atoms. The molecule has 104 valence electrons. The largest absolute Gasteiger partial charge is 0.478 e. The van der Waals surface area contributed by atoms with Gasteiger partial charge in [-0.05, 0) is 30.5 Å². The van der Waals surface area contributed by atoms with E-state index in [1.165, 1.54) is 12.1 Å². The molecule has 0 bridgehead atoms. The molecule has 2 rings (SSSR count). The number of aromatic carboxylic acids is 1. The van der Waals surface area contributed by atoms with Gasteiger partial charge in [0.2, 0.25) is 0 Å². The number of rotatable bonds is 3. The van der Waals surface area contributed by atoms with Crippen molar-refractivity contribution in [3.63, 3.8) is 0 Å². The van der Waals surface area contributed by atoms with Crippen LogP contribution in [0, 0.1) is 11.7 Å². The van der Waals surface area contributed by atoms with Crippen LogP contribution in [0.4, 0.5) is 10.1 Å². The molecule has 0 radical (unpaired) electrons. The van der Waals surface area contributed by atoms with E-state index in [0.717, 1.165) is 19.0 Å². The number of hydrogen-bond acceptors (Lipinski definition) is 3. The van der Waals surface area contributed by atoms with E-state index < -0.39 is 11.8 Å². The van der Waals surface area contributed by atoms with Gasteiger partial charge in [0.05, 0.1) is 17.4 Å². The number of halogens is 1. The minimum absolute atomic E-state index is 0.0325. The summed E-state index contributed by atoms with van der Waals surface area (Å²) in [6, 6.07) is 4.03. The second-order valence-electron chi connectivity index (χ2n) is 4.96. The zero-order valence-electron chi connectivity index (χ0n) is 11.1. The van der Waals surface area contributed by atoms with Gasteiger partial charge in [-0.15, -0.1) is 0 Å². The average Bonchev–Trinajstić information content (AvgIpc) is 2.39. The normalized spacial score (nSPS) is 23.4. The van der Waals surface area contributed by atoms with E-state index in [1.807, 2.05) is 4.90 Å². The predicted octanol–water partition coefficient (Wildman–Crippen LogP) is 2.39. The van der Waals surface area contributed by atoms with Gasteiger partial charge in [-0.2, -0.15) is 0 Å². The highest BCUT2D eigenvalue weighted by atomic mass is 19.1. The molecule has 2 unspecified atom stereocenters. The van der Waals surface area contributed by atoms with Crippen molar-refractivity contribution in [2.75, 3.05) is 25.1 Å². The Morgan fingerprint density at radius 1 is 1.53 bits per heavy atom. The van der Waals surface area contributed by atoms with Crippen LogP contribution in [0.1, 0.15) is 23.7 Å². The van der Waals surface area contributed by atoms with Crippen LogP contribution in [-0.2, 0) is 4.74 Å². The Kier molecular flexibility index (Phi) is 4.04. The summed E-state index contributed by atoms with van der Waals surface area (Å²) in [5, 5.41) is 8.83. The molecule has 1 aliphatic rings. The van der Waals surface area contributed by atoms with E-state index in [1.54, 1.807) is 7.11 Å². The third kappa shape index (κ3) is 2.87. The van der Waals surface area contributed by atoms with Crippen molar-refractivity contribution in [1.29, 1.82) is 0 Å². The highest BCUT2D eigenvalue weighted by Gasteiger charge is 2.27. The molecule has 0 aromatic heterocycles. The topological polar surface area (TPSA) is 49.8 Å². The SMILES string of the molecule is COC1CN(c2ccc(C(=O)O)cc2F)CCC1C. The summed E-state index contributed by atoms with van der Waals surface area (Å²) in [7, 11) is 1.66. The standard InChI is InChI=1S/C14H18FNO3/c1-9-5-6-16(8-13(9)19-2)12-4-3-10(14(17)18)7-11(12)15/h3-4,7,9,13H,5-6,8H2,1-2H3,(H,17,18). The zero-order valence-corrected chi connectivity index (χ0v) is 11.1. The first-order chi connectivity index (χ1) is 9.02. The van der Waals surface area contributed by atoms with E-state index in [4.69, 9.17) is 9.84 Å². The van der Waals surface area contributed by atoms with Crippen molar-refractivity contribution >= 4 is 11.7 Å². The monoisotopic (exact) mass is 267 g/mol. The molecule has 1 fully saturated rings. The van der Waals surface area contributed by atoms with Crippen LogP contribution in [0.25, 0.3) is 0 Å². The number of nitrogens with zero attached hydrogens (tertiary/aromatic N) is 1. The van der Waals surface area contributed by atoms with E-state index in [9.17, 15) is 9.18 Å². The van der Waals surface area contributed by atoms with Crippen LogP contribution >= 0.6 is 0 Å².